The van der Waals surface area contributed by atoms with Crippen molar-refractivity contribution >= 4 is 27.4 Å². The fourth-order valence-corrected chi connectivity index (χ4v) is 3.92. The van der Waals surface area contributed by atoms with Gasteiger partial charge in [-0.2, -0.15) is 0 Å². The van der Waals surface area contributed by atoms with Crippen LogP contribution in [0, 0.1) is 6.92 Å². The molecule has 1 aromatic carbocycles. The van der Waals surface area contributed by atoms with Gasteiger partial charge in [-0.1, -0.05) is 18.2 Å². The highest BCUT2D eigenvalue weighted by atomic mass is 32.1. The van der Waals surface area contributed by atoms with Crippen molar-refractivity contribution in [1.29, 1.82) is 0 Å². The second kappa shape index (κ2) is 4.63. The van der Waals surface area contributed by atoms with Crippen molar-refractivity contribution in [1.82, 2.24) is 9.97 Å². The van der Waals surface area contributed by atoms with Gasteiger partial charge in [-0.15, -0.1) is 11.3 Å². The first-order valence-electron chi connectivity index (χ1n) is 7.12. The monoisotopic (exact) mass is 283 g/mol. The zero-order chi connectivity index (χ0) is 13.5. The number of para-hydroxylation sites is 1. The van der Waals surface area contributed by atoms with E-state index < -0.39 is 0 Å². The number of aromatic amines is 1. The van der Waals surface area contributed by atoms with Gasteiger partial charge in [0.05, 0.1) is 5.69 Å². The van der Waals surface area contributed by atoms with Crippen LogP contribution in [-0.4, -0.2) is 23.1 Å². The third-order valence-corrected chi connectivity index (χ3v) is 5.04. The predicted molar refractivity (Wildman–Crippen MR) is 85.6 cm³/mol. The van der Waals surface area contributed by atoms with Gasteiger partial charge in [0, 0.05) is 40.6 Å². The van der Waals surface area contributed by atoms with Crippen molar-refractivity contribution in [2.45, 2.75) is 19.8 Å². The van der Waals surface area contributed by atoms with Gasteiger partial charge in [-0.05, 0) is 25.8 Å². The largest absolute Gasteiger partial charge is 0.360 e. The van der Waals surface area contributed by atoms with Crippen LogP contribution in [0.2, 0.25) is 0 Å². The van der Waals surface area contributed by atoms with Crippen LogP contribution < -0.4 is 4.90 Å². The van der Waals surface area contributed by atoms with Gasteiger partial charge in [0.25, 0.3) is 0 Å². The SMILES string of the molecule is Cc1sc(N2CCCC2)nc1-c1c[nH]c2ccccc12. The lowest BCUT2D eigenvalue weighted by Gasteiger charge is -2.12. The molecule has 3 heterocycles. The summed E-state index contributed by atoms with van der Waals surface area (Å²) in [5.74, 6) is 0. The van der Waals surface area contributed by atoms with Crippen LogP contribution in [0.4, 0.5) is 5.13 Å². The lowest BCUT2D eigenvalue weighted by molar-refractivity contribution is 0.949. The number of nitrogens with zero attached hydrogens (tertiary/aromatic N) is 2. The number of aromatic nitrogens is 2. The summed E-state index contributed by atoms with van der Waals surface area (Å²) in [5, 5.41) is 2.44. The number of hydrogen-bond acceptors (Lipinski definition) is 3. The van der Waals surface area contributed by atoms with Crippen LogP contribution in [0.3, 0.4) is 0 Å². The molecule has 1 fully saturated rings. The third kappa shape index (κ3) is 1.83. The molecule has 0 amide bonds. The number of anilines is 1. The van der Waals surface area contributed by atoms with Gasteiger partial charge in [-0.3, -0.25) is 0 Å². The number of hydrogen-bond donors (Lipinski definition) is 1. The second-order valence-electron chi connectivity index (χ2n) is 5.34. The second-order valence-corrected chi connectivity index (χ2v) is 6.52. The summed E-state index contributed by atoms with van der Waals surface area (Å²) in [4.78, 5) is 12.0. The Morgan fingerprint density at radius 2 is 2.00 bits per heavy atom. The van der Waals surface area contributed by atoms with Crippen molar-refractivity contribution < 1.29 is 0 Å². The van der Waals surface area contributed by atoms with Crippen LogP contribution in [0.15, 0.2) is 30.5 Å². The maximum atomic E-state index is 4.91. The van der Waals surface area contributed by atoms with Crippen molar-refractivity contribution in [3.8, 4) is 11.3 Å². The van der Waals surface area contributed by atoms with E-state index in [2.05, 4.69) is 47.3 Å². The molecule has 1 aliphatic rings. The summed E-state index contributed by atoms with van der Waals surface area (Å²) in [6.07, 6.45) is 4.67. The first-order valence-corrected chi connectivity index (χ1v) is 7.93. The molecule has 4 rings (SSSR count). The molecule has 0 aliphatic carbocycles. The van der Waals surface area contributed by atoms with E-state index in [0.29, 0.717) is 0 Å². The molecule has 0 radical (unpaired) electrons. The summed E-state index contributed by atoms with van der Waals surface area (Å²) in [6, 6.07) is 8.42. The van der Waals surface area contributed by atoms with Gasteiger partial charge in [-0.25, -0.2) is 4.98 Å². The van der Waals surface area contributed by atoms with Crippen molar-refractivity contribution in [2.24, 2.45) is 0 Å². The van der Waals surface area contributed by atoms with E-state index in [1.54, 1.807) is 0 Å². The van der Waals surface area contributed by atoms with E-state index in [9.17, 15) is 0 Å². The molecule has 0 bridgehead atoms. The van der Waals surface area contributed by atoms with Gasteiger partial charge in [0.1, 0.15) is 0 Å². The van der Waals surface area contributed by atoms with Crippen LogP contribution in [-0.2, 0) is 0 Å². The fraction of sp³-hybridized carbons (Fsp3) is 0.312. The van der Waals surface area contributed by atoms with Crippen LogP contribution in [0.25, 0.3) is 22.2 Å². The van der Waals surface area contributed by atoms with Crippen LogP contribution in [0.5, 0.6) is 0 Å². The molecular weight excluding hydrogens is 266 g/mol. The highest BCUT2D eigenvalue weighted by Crippen LogP contribution is 2.36. The number of H-pyrrole nitrogens is 1. The molecule has 1 aliphatic heterocycles. The third-order valence-electron chi connectivity index (χ3n) is 4.01. The fourth-order valence-electron chi connectivity index (χ4n) is 2.94. The molecule has 1 N–H and O–H groups in total. The Morgan fingerprint density at radius 3 is 2.85 bits per heavy atom. The molecule has 4 heteroatoms. The summed E-state index contributed by atoms with van der Waals surface area (Å²) in [6.45, 7) is 4.48. The average molecular weight is 283 g/mol. The smallest absolute Gasteiger partial charge is 0.186 e. The number of thiazole rings is 1. The molecule has 1 saturated heterocycles. The molecule has 0 spiro atoms. The molecule has 3 aromatic rings. The Morgan fingerprint density at radius 1 is 1.20 bits per heavy atom. The predicted octanol–water partition coefficient (Wildman–Crippen LogP) is 4.20. The summed E-state index contributed by atoms with van der Waals surface area (Å²) in [7, 11) is 0. The van der Waals surface area contributed by atoms with Gasteiger partial charge >= 0.3 is 0 Å². The van der Waals surface area contributed by atoms with E-state index in [-0.39, 0.29) is 0 Å². The van der Waals surface area contributed by atoms with Gasteiger partial charge in [0.15, 0.2) is 5.13 Å². The minimum Gasteiger partial charge on any atom is -0.360 e. The number of nitrogens with one attached hydrogen (secondary N) is 1. The Labute approximate surface area is 122 Å². The first kappa shape index (κ1) is 12.0. The summed E-state index contributed by atoms with van der Waals surface area (Å²) < 4.78 is 0. The molecule has 3 nitrogen and oxygen atoms in total. The van der Waals surface area contributed by atoms with Crippen LogP contribution in [0.1, 0.15) is 17.7 Å². The lowest BCUT2D eigenvalue weighted by Crippen LogP contribution is -2.17. The quantitative estimate of drug-likeness (QED) is 0.764. The highest BCUT2D eigenvalue weighted by Gasteiger charge is 2.19. The van der Waals surface area contributed by atoms with Gasteiger partial charge in [0.2, 0.25) is 0 Å². The van der Waals surface area contributed by atoms with E-state index in [1.807, 2.05) is 11.3 Å². The van der Waals surface area contributed by atoms with E-state index in [0.717, 1.165) is 18.8 Å². The van der Waals surface area contributed by atoms with Gasteiger partial charge < -0.3 is 9.88 Å². The van der Waals surface area contributed by atoms with Crippen molar-refractivity contribution in [2.75, 3.05) is 18.0 Å². The number of fused-ring (bicyclic) bond motifs is 1. The summed E-state index contributed by atoms with van der Waals surface area (Å²) >= 11 is 1.82. The van der Waals surface area contributed by atoms with Crippen LogP contribution >= 0.6 is 11.3 Å². The molecule has 0 unspecified atom stereocenters. The molecule has 2 aromatic heterocycles. The van der Waals surface area contributed by atoms with E-state index in [4.69, 9.17) is 4.98 Å². The molecule has 20 heavy (non-hydrogen) atoms. The van der Waals surface area contributed by atoms with Crippen molar-refractivity contribution in [3.05, 3.63) is 35.3 Å². The minimum atomic E-state index is 1.13. The number of benzene rings is 1. The Balaban J connectivity index is 1.81. The summed E-state index contributed by atoms with van der Waals surface area (Å²) in [5.41, 5.74) is 3.53. The van der Waals surface area contributed by atoms with Crippen molar-refractivity contribution in [3.63, 3.8) is 0 Å². The maximum absolute atomic E-state index is 4.91. The number of aryl methyl sites for hydroxylation is 1. The zero-order valence-corrected chi connectivity index (χ0v) is 12.3. The van der Waals surface area contributed by atoms with E-state index in [1.165, 1.54) is 39.3 Å². The molecule has 0 atom stereocenters. The lowest BCUT2D eigenvalue weighted by atomic mass is 10.1. The standard InChI is InChI=1S/C16H17N3S/c1-11-15(18-16(20-11)19-8-4-5-9-19)13-10-17-14-7-3-2-6-12(13)14/h2-3,6-7,10,17H,4-5,8-9H2,1H3. The average Bonchev–Trinajstić information content (AvgIpc) is 3.16. The Kier molecular flexibility index (Phi) is 2.77. The first-order chi connectivity index (χ1) is 9.83. The normalized spacial score (nSPS) is 15.3. The molecular formula is C16H17N3S. The molecule has 0 saturated carbocycles. The Hall–Kier alpha value is -1.81. The number of rotatable bonds is 2. The minimum absolute atomic E-state index is 1.13. The topological polar surface area (TPSA) is 31.9 Å². The Bertz CT molecular complexity index is 750. The maximum Gasteiger partial charge on any atom is 0.186 e. The highest BCUT2D eigenvalue weighted by molar-refractivity contribution is 7.16. The van der Waals surface area contributed by atoms with E-state index >= 15 is 0 Å². The molecule has 102 valence electrons. The zero-order valence-electron chi connectivity index (χ0n) is 11.5.